The molecule has 1 aliphatic carbocycles. The smallest absolute Gasteiger partial charge is 0.667 e. The van der Waals surface area contributed by atoms with E-state index in [1.54, 1.807) is 31.6 Å². The van der Waals surface area contributed by atoms with Crippen LogP contribution in [0.15, 0.2) is 24.3 Å². The third kappa shape index (κ3) is 15.4. The Balaban J connectivity index is 0. The zero-order valence-electron chi connectivity index (χ0n) is 21.6. The number of hydroxylamine groups is 2. The molecule has 232 valence electrons. The summed E-state index contributed by atoms with van der Waals surface area (Å²) >= 11 is 0. The molecule has 0 amide bonds. The number of aliphatic hydroxyl groups is 1. The average molecular weight is 670 g/mol. The Bertz CT molecular complexity index is 1000. The van der Waals surface area contributed by atoms with Crippen LogP contribution in [-0.4, -0.2) is 101 Å². The number of aliphatic hydroxyl groups excluding tert-OH is 1. The van der Waals surface area contributed by atoms with Crippen LogP contribution in [0.4, 0.5) is 5.69 Å². The number of aromatic hydroxyl groups is 1. The number of piperidine rings is 1. The topological polar surface area (TPSA) is 242 Å². The minimum absolute atomic E-state index is 0. The number of rotatable bonds is 2. The molecule has 2 heterocycles. The molecule has 2 fully saturated rings. The van der Waals surface area contributed by atoms with Crippen molar-refractivity contribution in [3.63, 3.8) is 0 Å². The van der Waals surface area contributed by atoms with Gasteiger partial charge < -0.3 is 31.3 Å². The molecular weight excluding hydrogens is 635 g/mol. The van der Waals surface area contributed by atoms with Gasteiger partial charge in [0.15, 0.2) is 26.5 Å². The van der Waals surface area contributed by atoms with Gasteiger partial charge in [-0.2, -0.15) is 0 Å². The maximum absolute atomic E-state index is 9.87. The molecule has 1 saturated carbocycles. The number of phenols is 1. The van der Waals surface area contributed by atoms with Crippen molar-refractivity contribution in [1.82, 2.24) is 0 Å². The van der Waals surface area contributed by atoms with E-state index in [9.17, 15) is 10.2 Å². The Morgan fingerprint density at radius 1 is 0.925 bits per heavy atom. The third-order valence-corrected chi connectivity index (χ3v) is 5.70. The second kappa shape index (κ2) is 19.8. The normalized spacial score (nSPS) is 24.4. The van der Waals surface area contributed by atoms with Crippen molar-refractivity contribution < 1.29 is 84.8 Å². The summed E-state index contributed by atoms with van der Waals surface area (Å²) in [6, 6.07) is 5.20. The fourth-order valence-electron chi connectivity index (χ4n) is 4.35. The molecule has 5 atom stereocenters. The molecule has 6 N–H and O–H groups in total. The summed E-state index contributed by atoms with van der Waals surface area (Å²) in [5, 5.41) is 73.8. The first kappa shape index (κ1) is 39.0. The van der Waals surface area contributed by atoms with E-state index in [0.717, 1.165) is 40.7 Å². The molecule has 16 nitrogen and oxygen atoms in total. The summed E-state index contributed by atoms with van der Waals surface area (Å²) in [6.07, 6.45) is 12.1. The average Bonchev–Trinajstić information content (AvgIpc) is 2.79. The second-order valence-corrected chi connectivity index (χ2v) is 8.66. The number of para-hydroxylation sites is 1. The van der Waals surface area contributed by atoms with E-state index in [4.69, 9.17) is 41.1 Å². The molecule has 4 rings (SSSR count). The first-order valence-corrected chi connectivity index (χ1v) is 11.6. The molecule has 0 bridgehead atoms. The van der Waals surface area contributed by atoms with Crippen molar-refractivity contribution in [3.8, 4) is 5.75 Å². The number of hydrogen-bond acceptors (Lipinski definition) is 8. The molecular formula is C22H34Cu2N6O10+2. The zero-order valence-corrected chi connectivity index (χ0v) is 23.4. The monoisotopic (exact) mass is 668 g/mol. The first-order chi connectivity index (χ1) is 17.8. The summed E-state index contributed by atoms with van der Waals surface area (Å²) in [4.78, 5) is 16.7. The van der Waals surface area contributed by atoms with Gasteiger partial charge in [-0.1, -0.05) is 67.6 Å². The van der Waals surface area contributed by atoms with Gasteiger partial charge in [-0.3, -0.25) is 10.4 Å². The van der Waals surface area contributed by atoms with Crippen LogP contribution >= 0.6 is 0 Å². The van der Waals surface area contributed by atoms with Gasteiger partial charge in [0.05, 0.1) is 0 Å². The second-order valence-electron chi connectivity index (χ2n) is 8.66. The maximum Gasteiger partial charge on any atom is 1.00 e. The minimum Gasteiger partial charge on any atom is -0.667 e. The van der Waals surface area contributed by atoms with E-state index in [0.29, 0.717) is 11.6 Å². The molecule has 2 aliphatic heterocycles. The van der Waals surface area contributed by atoms with E-state index in [2.05, 4.69) is 10.6 Å². The van der Waals surface area contributed by atoms with Crippen molar-refractivity contribution in [3.05, 3.63) is 60.7 Å². The van der Waals surface area contributed by atoms with Gasteiger partial charge in [0.1, 0.15) is 5.75 Å². The number of nitrogens with zero attached hydrogens (tertiary/aromatic N) is 6. The van der Waals surface area contributed by atoms with Gasteiger partial charge in [0.25, 0.3) is 10.2 Å². The SMILES string of the molecule is C[N+](O)=CC1C=Cc2cccc(O)c2[N-]1.C[N+](O)=CC1CCC2CCCC(O)C2[N-]1.O=[N+]([O-])O.O=[N+]([O-])O.[Cu+].[Cu+]. The molecule has 3 aliphatic rings. The van der Waals surface area contributed by atoms with Crippen molar-refractivity contribution in [2.75, 3.05) is 14.1 Å². The van der Waals surface area contributed by atoms with E-state index >= 15 is 0 Å². The molecule has 0 spiro atoms. The Morgan fingerprint density at radius 2 is 1.50 bits per heavy atom. The summed E-state index contributed by atoms with van der Waals surface area (Å²) in [6.45, 7) is 0. The predicted octanol–water partition coefficient (Wildman–Crippen LogP) is 2.35. The Labute approximate surface area is 251 Å². The minimum atomic E-state index is -1.50. The summed E-state index contributed by atoms with van der Waals surface area (Å²) in [7, 11) is 3.11. The van der Waals surface area contributed by atoms with Crippen molar-refractivity contribution in [2.45, 2.75) is 56.3 Å². The molecule has 18 heteroatoms. The largest absolute Gasteiger partial charge is 1.00 e. The fraction of sp³-hybridized carbons (Fsp3) is 0.545. The molecule has 40 heavy (non-hydrogen) atoms. The number of fused-ring (bicyclic) bond motifs is 2. The van der Waals surface area contributed by atoms with Crippen molar-refractivity contribution in [2.24, 2.45) is 5.92 Å². The van der Waals surface area contributed by atoms with Gasteiger partial charge in [-0.25, -0.2) is 0 Å². The Morgan fingerprint density at radius 3 is 2.05 bits per heavy atom. The van der Waals surface area contributed by atoms with E-state index in [-0.39, 0.29) is 64.1 Å². The summed E-state index contributed by atoms with van der Waals surface area (Å²) < 4.78 is 2.03. The maximum atomic E-state index is 9.87. The molecule has 5 unspecified atom stereocenters. The van der Waals surface area contributed by atoms with Crippen LogP contribution < -0.4 is 0 Å². The van der Waals surface area contributed by atoms with E-state index < -0.39 is 10.2 Å². The number of hydrogen-bond donors (Lipinski definition) is 6. The van der Waals surface area contributed by atoms with E-state index in [1.165, 1.54) is 13.5 Å². The summed E-state index contributed by atoms with van der Waals surface area (Å²) in [5.41, 5.74) is 1.46. The van der Waals surface area contributed by atoms with Crippen LogP contribution in [-0.2, 0) is 34.1 Å². The van der Waals surface area contributed by atoms with Crippen LogP contribution in [0.5, 0.6) is 5.75 Å². The van der Waals surface area contributed by atoms with Gasteiger partial charge in [0, 0.05) is 6.10 Å². The molecule has 0 radical (unpaired) electrons. The number of phenolic OH excluding ortho intramolecular Hbond substituents is 1. The molecule has 1 aromatic rings. The first-order valence-electron chi connectivity index (χ1n) is 11.6. The van der Waals surface area contributed by atoms with Crippen LogP contribution in [0.1, 0.15) is 37.7 Å². The van der Waals surface area contributed by atoms with Crippen LogP contribution in [0.3, 0.4) is 0 Å². The van der Waals surface area contributed by atoms with Gasteiger partial charge in [-0.15, -0.1) is 26.3 Å². The summed E-state index contributed by atoms with van der Waals surface area (Å²) in [5.74, 6) is 0.734. The van der Waals surface area contributed by atoms with E-state index in [1.807, 2.05) is 18.2 Å². The fourth-order valence-corrected chi connectivity index (χ4v) is 4.35. The standard InChI is InChI=1S/C11H20N2O2.C11H12N2O2.2Cu.2HNO3/c2*1-13(15)7-9-6-5-8-3-2-4-10(14)11(8)12-9;;;2*2-1(3)4/h7-11,14-15H,2-6H2,1H3;2-7,9,14-15H,1H3;;;2*(H,2,3,4)/q;;2*+1;;. The molecule has 1 saturated heterocycles. The Hall–Kier alpha value is -3.14. The molecule has 0 aromatic heterocycles. The Kier molecular flexibility index (Phi) is 19.4. The van der Waals surface area contributed by atoms with Crippen molar-refractivity contribution in [1.29, 1.82) is 0 Å². The van der Waals surface area contributed by atoms with Gasteiger partial charge in [-0.05, 0) is 33.6 Å². The van der Waals surface area contributed by atoms with Gasteiger partial charge >= 0.3 is 34.1 Å². The van der Waals surface area contributed by atoms with Crippen LogP contribution in [0, 0.1) is 26.1 Å². The van der Waals surface area contributed by atoms with Gasteiger partial charge in [0.2, 0.25) is 0 Å². The predicted molar refractivity (Wildman–Crippen MR) is 133 cm³/mol. The quantitative estimate of drug-likeness (QED) is 0.0670. The van der Waals surface area contributed by atoms with Crippen LogP contribution in [0.25, 0.3) is 16.7 Å². The zero-order chi connectivity index (χ0) is 28.8. The third-order valence-electron chi connectivity index (χ3n) is 5.70. The van der Waals surface area contributed by atoms with Crippen LogP contribution in [0.2, 0.25) is 0 Å². The number of benzene rings is 1. The van der Waals surface area contributed by atoms with Crippen molar-refractivity contribution >= 4 is 24.2 Å². The molecule has 1 aromatic carbocycles.